The summed E-state index contributed by atoms with van der Waals surface area (Å²) in [5.74, 6) is 0. The molecule has 0 fully saturated rings. The van der Waals surface area contributed by atoms with Gasteiger partial charge in [0.05, 0.1) is 16.5 Å². The molecule has 0 radical (unpaired) electrons. The molecule has 2 rings (SSSR count). The number of benzene rings is 1. The van der Waals surface area contributed by atoms with E-state index < -0.39 is 0 Å². The molecule has 2 nitrogen and oxygen atoms in total. The molecule has 0 atom stereocenters. The van der Waals surface area contributed by atoms with Crippen molar-refractivity contribution >= 4 is 27.3 Å². The Balaban J connectivity index is 1.76. The van der Waals surface area contributed by atoms with Gasteiger partial charge in [-0.2, -0.15) is 0 Å². The van der Waals surface area contributed by atoms with Crippen molar-refractivity contribution < 1.29 is 4.74 Å². The molecule has 1 aromatic carbocycles. The first-order valence-corrected chi connectivity index (χ1v) is 8.44. The smallest absolute Gasteiger partial charge is 0.0720 e. The zero-order valence-electron chi connectivity index (χ0n) is 11.9. The van der Waals surface area contributed by atoms with Crippen LogP contribution in [0.25, 0.3) is 0 Å². The number of halogens is 1. The zero-order valence-corrected chi connectivity index (χ0v) is 14.3. The summed E-state index contributed by atoms with van der Waals surface area (Å²) in [4.78, 5) is 0. The second-order valence-corrected chi connectivity index (χ2v) is 7.33. The Hall–Kier alpha value is -0.680. The van der Waals surface area contributed by atoms with Crippen molar-refractivity contribution in [3.05, 3.63) is 56.2 Å². The van der Waals surface area contributed by atoms with E-state index in [4.69, 9.17) is 4.74 Å². The molecular weight excluding hydrogens is 334 g/mol. The third kappa shape index (κ3) is 5.37. The molecule has 2 aromatic rings. The van der Waals surface area contributed by atoms with Gasteiger partial charge in [-0.25, -0.2) is 0 Å². The topological polar surface area (TPSA) is 21.3 Å². The van der Waals surface area contributed by atoms with E-state index in [1.165, 1.54) is 20.5 Å². The van der Waals surface area contributed by atoms with Crippen LogP contribution < -0.4 is 5.32 Å². The van der Waals surface area contributed by atoms with Gasteiger partial charge in [0, 0.05) is 13.1 Å². The summed E-state index contributed by atoms with van der Waals surface area (Å²) in [6.45, 7) is 6.59. The Morgan fingerprint density at radius 1 is 1.10 bits per heavy atom. The van der Waals surface area contributed by atoms with Gasteiger partial charge in [-0.15, -0.1) is 11.3 Å². The highest BCUT2D eigenvalue weighted by molar-refractivity contribution is 9.11. The molecule has 0 aliphatic heterocycles. The normalized spacial score (nSPS) is 11.2. The molecule has 0 aliphatic carbocycles. The van der Waals surface area contributed by atoms with Gasteiger partial charge in [0.25, 0.3) is 0 Å². The van der Waals surface area contributed by atoms with Gasteiger partial charge < -0.3 is 10.1 Å². The largest absolute Gasteiger partial charge is 0.374 e. The first-order chi connectivity index (χ1) is 9.63. The molecule has 0 spiro atoms. The highest BCUT2D eigenvalue weighted by atomic mass is 79.9. The van der Waals surface area contributed by atoms with Crippen LogP contribution in [0.5, 0.6) is 0 Å². The van der Waals surface area contributed by atoms with E-state index in [1.54, 1.807) is 11.3 Å². The average molecular weight is 354 g/mol. The average Bonchev–Trinajstić information content (AvgIpc) is 2.83. The maximum Gasteiger partial charge on any atom is 0.0720 e. The Labute approximate surface area is 133 Å². The van der Waals surface area contributed by atoms with Crippen molar-refractivity contribution in [2.45, 2.75) is 39.6 Å². The third-order valence-corrected chi connectivity index (χ3v) is 4.44. The van der Waals surface area contributed by atoms with Gasteiger partial charge in [-0.1, -0.05) is 24.3 Å². The number of thiophene rings is 1. The minimum atomic E-state index is 0.279. The van der Waals surface area contributed by atoms with Crippen molar-refractivity contribution in [2.24, 2.45) is 0 Å². The van der Waals surface area contributed by atoms with Crippen molar-refractivity contribution in [3.8, 4) is 0 Å². The summed E-state index contributed by atoms with van der Waals surface area (Å²) in [5.41, 5.74) is 3.85. The first kappa shape index (κ1) is 15.7. The maximum absolute atomic E-state index is 5.59. The summed E-state index contributed by atoms with van der Waals surface area (Å²) < 4.78 is 6.77. The van der Waals surface area contributed by atoms with Crippen LogP contribution in [-0.4, -0.2) is 6.10 Å². The zero-order chi connectivity index (χ0) is 14.4. The Morgan fingerprint density at radius 2 is 1.75 bits per heavy atom. The van der Waals surface area contributed by atoms with E-state index in [9.17, 15) is 0 Å². The minimum absolute atomic E-state index is 0.279. The van der Waals surface area contributed by atoms with Gasteiger partial charge in [0.15, 0.2) is 0 Å². The lowest BCUT2D eigenvalue weighted by atomic mass is 10.1. The van der Waals surface area contributed by atoms with Crippen LogP contribution in [-0.2, 0) is 24.4 Å². The lowest BCUT2D eigenvalue weighted by Crippen LogP contribution is -2.12. The fraction of sp³-hybridized carbons (Fsp3) is 0.375. The van der Waals surface area contributed by atoms with Crippen LogP contribution in [0.4, 0.5) is 0 Å². The molecule has 1 aromatic heterocycles. The van der Waals surface area contributed by atoms with Crippen LogP contribution in [0.1, 0.15) is 30.5 Å². The summed E-state index contributed by atoms with van der Waals surface area (Å²) in [6, 6.07) is 10.8. The number of hydrogen-bond donors (Lipinski definition) is 1. The number of ether oxygens (including phenoxy) is 1. The van der Waals surface area contributed by atoms with Crippen molar-refractivity contribution in [1.29, 1.82) is 0 Å². The molecule has 4 heteroatoms. The fourth-order valence-electron chi connectivity index (χ4n) is 1.81. The molecule has 1 heterocycles. The standard InChI is InChI=1S/C16H20BrNOS/c1-12(2)19-10-14-5-3-13(4-6-14)8-18-9-15-7-16(17)20-11-15/h3-7,11-12,18H,8-10H2,1-2H3. The first-order valence-electron chi connectivity index (χ1n) is 6.76. The third-order valence-electron chi connectivity index (χ3n) is 2.89. The van der Waals surface area contributed by atoms with E-state index in [2.05, 4.69) is 70.8 Å². The number of rotatable bonds is 7. The molecule has 0 saturated heterocycles. The van der Waals surface area contributed by atoms with E-state index in [-0.39, 0.29) is 6.10 Å². The predicted molar refractivity (Wildman–Crippen MR) is 88.9 cm³/mol. The van der Waals surface area contributed by atoms with Crippen molar-refractivity contribution in [3.63, 3.8) is 0 Å². The molecular formula is C16H20BrNOS. The van der Waals surface area contributed by atoms with Crippen LogP contribution in [0.15, 0.2) is 39.5 Å². The SMILES string of the molecule is CC(C)OCc1ccc(CNCc2csc(Br)c2)cc1. The molecule has 1 N–H and O–H groups in total. The Kier molecular flexibility index (Phi) is 6.23. The monoisotopic (exact) mass is 353 g/mol. The van der Waals surface area contributed by atoms with Crippen molar-refractivity contribution in [1.82, 2.24) is 5.32 Å². The lowest BCUT2D eigenvalue weighted by molar-refractivity contribution is 0.0657. The predicted octanol–water partition coefficient (Wildman–Crippen LogP) is 4.73. The van der Waals surface area contributed by atoms with Crippen LogP contribution >= 0.6 is 27.3 Å². The van der Waals surface area contributed by atoms with E-state index >= 15 is 0 Å². The van der Waals surface area contributed by atoms with E-state index in [0.29, 0.717) is 6.61 Å². The molecule has 20 heavy (non-hydrogen) atoms. The number of hydrogen-bond acceptors (Lipinski definition) is 3. The quantitative estimate of drug-likeness (QED) is 0.776. The molecule has 0 unspecified atom stereocenters. The highest BCUT2D eigenvalue weighted by Crippen LogP contribution is 2.20. The van der Waals surface area contributed by atoms with Crippen LogP contribution in [0, 0.1) is 0 Å². The summed E-state index contributed by atoms with van der Waals surface area (Å²) in [7, 11) is 0. The van der Waals surface area contributed by atoms with Crippen LogP contribution in [0.2, 0.25) is 0 Å². The summed E-state index contributed by atoms with van der Waals surface area (Å²) >= 11 is 5.20. The molecule has 0 aliphatic rings. The molecule has 0 amide bonds. The van der Waals surface area contributed by atoms with Gasteiger partial charge >= 0.3 is 0 Å². The summed E-state index contributed by atoms with van der Waals surface area (Å²) in [6.07, 6.45) is 0.279. The Morgan fingerprint density at radius 3 is 2.35 bits per heavy atom. The lowest BCUT2D eigenvalue weighted by Gasteiger charge is -2.08. The Bertz CT molecular complexity index is 522. The number of nitrogens with one attached hydrogen (secondary N) is 1. The molecule has 0 saturated carbocycles. The second-order valence-electron chi connectivity index (χ2n) is 5.04. The minimum Gasteiger partial charge on any atom is -0.374 e. The van der Waals surface area contributed by atoms with E-state index in [1.807, 2.05) is 0 Å². The van der Waals surface area contributed by atoms with Gasteiger partial charge in [0.2, 0.25) is 0 Å². The maximum atomic E-state index is 5.59. The molecule has 0 bridgehead atoms. The van der Waals surface area contributed by atoms with Gasteiger partial charge in [0.1, 0.15) is 0 Å². The van der Waals surface area contributed by atoms with Gasteiger partial charge in [-0.05, 0) is 57.9 Å². The van der Waals surface area contributed by atoms with Crippen molar-refractivity contribution in [2.75, 3.05) is 0 Å². The van der Waals surface area contributed by atoms with Crippen LogP contribution in [0.3, 0.4) is 0 Å². The highest BCUT2D eigenvalue weighted by Gasteiger charge is 1.99. The molecule has 108 valence electrons. The summed E-state index contributed by atoms with van der Waals surface area (Å²) in [5, 5.41) is 5.63. The fourth-order valence-corrected chi connectivity index (χ4v) is 3.02. The van der Waals surface area contributed by atoms with Gasteiger partial charge in [-0.3, -0.25) is 0 Å². The second kappa shape index (κ2) is 7.93. The van der Waals surface area contributed by atoms with E-state index in [0.717, 1.165) is 13.1 Å².